The van der Waals surface area contributed by atoms with E-state index in [-0.39, 0.29) is 41.3 Å². The van der Waals surface area contributed by atoms with E-state index < -0.39 is 0 Å². The average molecular weight is 339 g/mol. The van der Waals surface area contributed by atoms with Crippen LogP contribution in [0.3, 0.4) is 0 Å². The zero-order valence-corrected chi connectivity index (χ0v) is 14.4. The van der Waals surface area contributed by atoms with Gasteiger partial charge < -0.3 is 4.74 Å². The van der Waals surface area contributed by atoms with Crippen molar-refractivity contribution in [3.8, 4) is 5.75 Å². The molecule has 1 saturated heterocycles. The molecule has 2 amide bonds. The van der Waals surface area contributed by atoms with Crippen LogP contribution in [-0.2, 0) is 9.59 Å². The van der Waals surface area contributed by atoms with E-state index >= 15 is 0 Å². The molecule has 1 saturated carbocycles. The Hall–Kier alpha value is -2.43. The maximum Gasteiger partial charge on any atom is 0.238 e. The van der Waals surface area contributed by atoms with E-state index in [2.05, 4.69) is 12.2 Å². The van der Waals surface area contributed by atoms with Crippen LogP contribution in [0, 0.1) is 23.7 Å². The van der Waals surface area contributed by atoms with Crippen LogP contribution in [0.15, 0.2) is 30.4 Å². The van der Waals surface area contributed by atoms with Gasteiger partial charge in [-0.05, 0) is 56.7 Å². The number of fused-ring (bicyclic) bond motifs is 1. The van der Waals surface area contributed by atoms with Gasteiger partial charge in [-0.1, -0.05) is 12.2 Å². The zero-order valence-electron chi connectivity index (χ0n) is 14.4. The number of anilines is 1. The minimum absolute atomic E-state index is 0.109. The van der Waals surface area contributed by atoms with Gasteiger partial charge in [-0.2, -0.15) is 0 Å². The maximum absolute atomic E-state index is 13.1. The van der Waals surface area contributed by atoms with Gasteiger partial charge in [0.1, 0.15) is 5.75 Å². The Morgan fingerprint density at radius 3 is 2.20 bits per heavy atom. The molecule has 2 fully saturated rings. The molecular weight excluding hydrogens is 318 g/mol. The molecule has 2 bridgehead atoms. The van der Waals surface area contributed by atoms with Crippen LogP contribution in [0.4, 0.5) is 5.69 Å². The Morgan fingerprint density at radius 1 is 1.12 bits per heavy atom. The molecule has 1 aromatic rings. The smallest absolute Gasteiger partial charge is 0.238 e. The van der Waals surface area contributed by atoms with Gasteiger partial charge in [0.2, 0.25) is 11.8 Å². The molecular formula is C20H21NO4. The molecule has 0 N–H and O–H groups in total. The minimum atomic E-state index is -0.272. The summed E-state index contributed by atoms with van der Waals surface area (Å²) in [6.07, 6.45) is 6.11. The third-order valence-electron chi connectivity index (χ3n) is 5.67. The molecule has 5 rings (SSSR count). The molecule has 25 heavy (non-hydrogen) atoms. The fourth-order valence-electron chi connectivity index (χ4n) is 4.50. The highest BCUT2D eigenvalue weighted by Gasteiger charge is 2.57. The second-order valence-electron chi connectivity index (χ2n) is 7.03. The number of Topliss-reactive ketones (excluding diaryl/α,β-unsaturated/α-hetero) is 1. The third-order valence-corrected chi connectivity index (χ3v) is 5.67. The zero-order chi connectivity index (χ0) is 17.7. The van der Waals surface area contributed by atoms with Crippen LogP contribution in [0.1, 0.15) is 37.0 Å². The summed E-state index contributed by atoms with van der Waals surface area (Å²) < 4.78 is 5.63. The lowest BCUT2D eigenvalue weighted by Crippen LogP contribution is -2.38. The number of hydrogen-bond donors (Lipinski definition) is 0. The predicted octanol–water partition coefficient (Wildman–Crippen LogP) is 2.99. The van der Waals surface area contributed by atoms with Crippen molar-refractivity contribution >= 4 is 23.3 Å². The maximum atomic E-state index is 13.1. The van der Waals surface area contributed by atoms with Crippen LogP contribution in [-0.4, -0.2) is 24.2 Å². The number of rotatable bonds is 4. The van der Waals surface area contributed by atoms with Crippen LogP contribution in [0.5, 0.6) is 5.75 Å². The fraction of sp³-hybridized carbons (Fsp3) is 0.450. The first-order chi connectivity index (χ1) is 12.0. The fourth-order valence-corrected chi connectivity index (χ4v) is 4.50. The standard InChI is InChI=1S/C20H21NO4/c1-3-25-16-9-8-14(11(2)22)10-15(16)21-19(23)17-12-4-5-13(7-6-12)18(17)20(21)24/h4-5,8-10,12-13,17-18H,3,6-7H2,1-2H3/t12-,13+,17-,18-/m0/s1. The summed E-state index contributed by atoms with van der Waals surface area (Å²) in [4.78, 5) is 39.3. The Bertz CT molecular complexity index is 765. The SMILES string of the molecule is CCOc1ccc(C(C)=O)cc1N1C(=O)[C@@H]2[C@@H](C1=O)[C@H]1C=C[C@@H]2CC1. The van der Waals surface area contributed by atoms with Gasteiger partial charge in [0.05, 0.1) is 24.1 Å². The van der Waals surface area contributed by atoms with Crippen LogP contribution >= 0.6 is 0 Å². The molecule has 1 aliphatic heterocycles. The highest BCUT2D eigenvalue weighted by molar-refractivity contribution is 6.23. The molecule has 3 aliphatic carbocycles. The van der Waals surface area contributed by atoms with Crippen molar-refractivity contribution in [1.82, 2.24) is 0 Å². The number of hydrogen-bond acceptors (Lipinski definition) is 4. The van der Waals surface area contributed by atoms with Crippen molar-refractivity contribution in [2.75, 3.05) is 11.5 Å². The van der Waals surface area contributed by atoms with Crippen LogP contribution in [0.25, 0.3) is 0 Å². The van der Waals surface area contributed by atoms with Crippen LogP contribution < -0.4 is 9.64 Å². The van der Waals surface area contributed by atoms with Gasteiger partial charge in [-0.3, -0.25) is 14.4 Å². The van der Waals surface area contributed by atoms with Gasteiger partial charge >= 0.3 is 0 Å². The molecule has 4 aliphatic rings. The van der Waals surface area contributed by atoms with Gasteiger partial charge in [0.25, 0.3) is 0 Å². The molecule has 0 aromatic heterocycles. The van der Waals surface area contributed by atoms with Crippen molar-refractivity contribution in [2.45, 2.75) is 26.7 Å². The van der Waals surface area contributed by atoms with E-state index in [1.54, 1.807) is 18.2 Å². The minimum Gasteiger partial charge on any atom is -0.492 e. The first-order valence-electron chi connectivity index (χ1n) is 8.86. The summed E-state index contributed by atoms with van der Waals surface area (Å²) in [5.74, 6) is -0.216. The highest BCUT2D eigenvalue weighted by Crippen LogP contribution is 2.51. The Labute approximate surface area is 146 Å². The third kappa shape index (κ3) is 2.33. The van der Waals surface area contributed by atoms with Crippen molar-refractivity contribution < 1.29 is 19.1 Å². The normalized spacial score (nSPS) is 29.9. The quantitative estimate of drug-likeness (QED) is 0.481. The summed E-state index contributed by atoms with van der Waals surface area (Å²) in [5, 5.41) is 0. The van der Waals surface area contributed by atoms with Crippen molar-refractivity contribution in [3.05, 3.63) is 35.9 Å². The first-order valence-corrected chi connectivity index (χ1v) is 8.86. The lowest BCUT2D eigenvalue weighted by molar-refractivity contribution is -0.124. The van der Waals surface area contributed by atoms with Crippen molar-refractivity contribution in [1.29, 1.82) is 0 Å². The number of benzene rings is 1. The lowest BCUT2D eigenvalue weighted by atomic mass is 9.63. The summed E-state index contributed by atoms with van der Waals surface area (Å²) in [6.45, 7) is 3.74. The van der Waals surface area contributed by atoms with Gasteiger partial charge in [-0.25, -0.2) is 4.90 Å². The number of imide groups is 1. The van der Waals surface area contributed by atoms with E-state index in [0.29, 0.717) is 23.6 Å². The molecule has 0 spiro atoms. The second kappa shape index (κ2) is 5.83. The largest absolute Gasteiger partial charge is 0.492 e. The molecule has 0 unspecified atom stereocenters. The highest BCUT2D eigenvalue weighted by atomic mass is 16.5. The number of ketones is 1. The number of allylic oxidation sites excluding steroid dienone is 2. The molecule has 5 heteroatoms. The Balaban J connectivity index is 1.79. The van der Waals surface area contributed by atoms with E-state index in [0.717, 1.165) is 12.8 Å². The van der Waals surface area contributed by atoms with Gasteiger partial charge in [-0.15, -0.1) is 0 Å². The van der Waals surface area contributed by atoms with Gasteiger partial charge in [0.15, 0.2) is 5.78 Å². The average Bonchev–Trinajstić information content (AvgIpc) is 2.90. The summed E-state index contributed by atoms with van der Waals surface area (Å²) in [5.41, 5.74) is 0.869. The van der Waals surface area contributed by atoms with Gasteiger partial charge in [0, 0.05) is 5.56 Å². The second-order valence-corrected chi connectivity index (χ2v) is 7.03. The van der Waals surface area contributed by atoms with E-state index in [1.165, 1.54) is 11.8 Å². The first kappa shape index (κ1) is 16.1. The Morgan fingerprint density at radius 2 is 1.72 bits per heavy atom. The number of amides is 2. The van der Waals surface area contributed by atoms with Crippen molar-refractivity contribution in [2.24, 2.45) is 23.7 Å². The predicted molar refractivity (Wildman–Crippen MR) is 92.4 cm³/mol. The molecule has 0 radical (unpaired) electrons. The van der Waals surface area contributed by atoms with E-state index in [1.807, 2.05) is 6.92 Å². The molecule has 1 heterocycles. The molecule has 5 nitrogen and oxygen atoms in total. The summed E-state index contributed by atoms with van der Waals surface area (Å²) >= 11 is 0. The lowest BCUT2D eigenvalue weighted by Gasteiger charge is -2.38. The van der Waals surface area contributed by atoms with E-state index in [9.17, 15) is 14.4 Å². The van der Waals surface area contributed by atoms with Crippen LogP contribution in [0.2, 0.25) is 0 Å². The summed E-state index contributed by atoms with van der Waals surface area (Å²) in [7, 11) is 0. The monoisotopic (exact) mass is 339 g/mol. The number of carbonyl (C=O) groups is 3. The number of ether oxygens (including phenoxy) is 1. The van der Waals surface area contributed by atoms with Crippen molar-refractivity contribution in [3.63, 3.8) is 0 Å². The molecule has 4 atom stereocenters. The number of nitrogens with zero attached hydrogens (tertiary/aromatic N) is 1. The molecule has 130 valence electrons. The summed E-state index contributed by atoms with van der Waals surface area (Å²) in [6, 6.07) is 4.95. The topological polar surface area (TPSA) is 63.7 Å². The van der Waals surface area contributed by atoms with E-state index in [4.69, 9.17) is 4.74 Å². The molecule has 1 aromatic carbocycles. The number of carbonyl (C=O) groups excluding carboxylic acids is 3. The Kier molecular flexibility index (Phi) is 3.74.